The molecular weight excluding hydrogens is 232 g/mol. The van der Waals surface area contributed by atoms with Gasteiger partial charge in [0.15, 0.2) is 5.65 Å². The standard InChI is InChI=1S/C12H12N4S/c1-3-17-12-13-11-10(14-15-12)8-6-4-5-7-9(8)16(11)2/h4-7H,3H2,1-2H3. The number of aryl methyl sites for hydroxylation is 1. The topological polar surface area (TPSA) is 43.6 Å². The van der Waals surface area contributed by atoms with E-state index in [0.717, 1.165) is 33.0 Å². The van der Waals surface area contributed by atoms with Gasteiger partial charge in [-0.1, -0.05) is 36.9 Å². The Kier molecular flexibility index (Phi) is 2.48. The molecule has 3 aromatic rings. The zero-order chi connectivity index (χ0) is 11.8. The highest BCUT2D eigenvalue weighted by Crippen LogP contribution is 2.25. The van der Waals surface area contributed by atoms with Gasteiger partial charge in [0, 0.05) is 12.4 Å². The lowest BCUT2D eigenvalue weighted by atomic mass is 10.2. The third kappa shape index (κ3) is 1.58. The molecule has 0 aliphatic rings. The molecule has 0 bridgehead atoms. The largest absolute Gasteiger partial charge is 0.327 e. The first-order chi connectivity index (χ1) is 8.31. The molecule has 2 aromatic heterocycles. The summed E-state index contributed by atoms with van der Waals surface area (Å²) in [6.45, 7) is 2.08. The van der Waals surface area contributed by atoms with Crippen LogP contribution in [0.3, 0.4) is 0 Å². The lowest BCUT2D eigenvalue weighted by Gasteiger charge is -1.97. The fraction of sp³-hybridized carbons (Fsp3) is 0.250. The summed E-state index contributed by atoms with van der Waals surface area (Å²) in [4.78, 5) is 4.55. The monoisotopic (exact) mass is 244 g/mol. The summed E-state index contributed by atoms with van der Waals surface area (Å²) in [5, 5.41) is 10.3. The van der Waals surface area contributed by atoms with Gasteiger partial charge >= 0.3 is 0 Å². The van der Waals surface area contributed by atoms with Crippen molar-refractivity contribution < 1.29 is 0 Å². The minimum Gasteiger partial charge on any atom is -0.327 e. The van der Waals surface area contributed by atoms with Crippen LogP contribution >= 0.6 is 11.8 Å². The molecule has 4 nitrogen and oxygen atoms in total. The van der Waals surface area contributed by atoms with Crippen LogP contribution in [0.15, 0.2) is 29.4 Å². The van der Waals surface area contributed by atoms with E-state index in [1.807, 2.05) is 19.2 Å². The number of thioether (sulfide) groups is 1. The molecule has 0 unspecified atom stereocenters. The Bertz CT molecular complexity index is 689. The Morgan fingerprint density at radius 1 is 1.24 bits per heavy atom. The molecule has 5 heteroatoms. The van der Waals surface area contributed by atoms with Crippen molar-refractivity contribution in [2.24, 2.45) is 7.05 Å². The molecule has 0 aliphatic heterocycles. The molecule has 86 valence electrons. The van der Waals surface area contributed by atoms with Gasteiger partial charge in [-0.05, 0) is 11.8 Å². The molecule has 0 spiro atoms. The van der Waals surface area contributed by atoms with E-state index >= 15 is 0 Å². The van der Waals surface area contributed by atoms with E-state index in [9.17, 15) is 0 Å². The van der Waals surface area contributed by atoms with Gasteiger partial charge in [-0.3, -0.25) is 0 Å². The molecular formula is C12H12N4S. The summed E-state index contributed by atoms with van der Waals surface area (Å²) in [7, 11) is 2.01. The number of aromatic nitrogens is 4. The SMILES string of the molecule is CCSc1nnc2c3ccccc3n(C)c2n1. The number of rotatable bonds is 2. The van der Waals surface area contributed by atoms with E-state index in [1.54, 1.807) is 11.8 Å². The minimum absolute atomic E-state index is 0.742. The number of hydrogen-bond acceptors (Lipinski definition) is 4. The average Bonchev–Trinajstić information content (AvgIpc) is 2.65. The Labute approximate surface area is 103 Å². The van der Waals surface area contributed by atoms with Gasteiger partial charge in [0.1, 0.15) is 5.52 Å². The molecule has 1 aromatic carbocycles. The van der Waals surface area contributed by atoms with Crippen LogP contribution in [-0.2, 0) is 7.05 Å². The Hall–Kier alpha value is -1.62. The second-order valence-corrected chi connectivity index (χ2v) is 5.01. The second kappa shape index (κ2) is 4.00. The summed E-state index contributed by atoms with van der Waals surface area (Å²) in [6.07, 6.45) is 0. The average molecular weight is 244 g/mol. The van der Waals surface area contributed by atoms with Crippen molar-refractivity contribution in [3.63, 3.8) is 0 Å². The normalized spacial score (nSPS) is 11.4. The van der Waals surface area contributed by atoms with E-state index in [1.165, 1.54) is 0 Å². The van der Waals surface area contributed by atoms with Crippen LogP contribution in [0, 0.1) is 0 Å². The van der Waals surface area contributed by atoms with Crippen LogP contribution in [0.4, 0.5) is 0 Å². The minimum atomic E-state index is 0.742. The van der Waals surface area contributed by atoms with E-state index in [0.29, 0.717) is 0 Å². The van der Waals surface area contributed by atoms with Gasteiger partial charge in [-0.15, -0.1) is 10.2 Å². The first-order valence-electron chi connectivity index (χ1n) is 5.52. The number of fused-ring (bicyclic) bond motifs is 3. The number of nitrogens with zero attached hydrogens (tertiary/aromatic N) is 4. The zero-order valence-electron chi connectivity index (χ0n) is 9.71. The summed E-state index contributed by atoms with van der Waals surface area (Å²) in [5.41, 5.74) is 2.92. The molecule has 3 rings (SSSR count). The zero-order valence-corrected chi connectivity index (χ0v) is 10.5. The molecule has 0 fully saturated rings. The van der Waals surface area contributed by atoms with Crippen LogP contribution in [-0.4, -0.2) is 25.5 Å². The highest BCUT2D eigenvalue weighted by molar-refractivity contribution is 7.99. The molecule has 0 saturated carbocycles. The molecule has 0 saturated heterocycles. The lowest BCUT2D eigenvalue weighted by molar-refractivity contribution is 0.855. The molecule has 0 N–H and O–H groups in total. The van der Waals surface area contributed by atoms with Crippen molar-refractivity contribution in [3.05, 3.63) is 24.3 Å². The fourth-order valence-electron chi connectivity index (χ4n) is 1.98. The van der Waals surface area contributed by atoms with Crippen LogP contribution in [0.5, 0.6) is 0 Å². The number of hydrogen-bond donors (Lipinski definition) is 0. The van der Waals surface area contributed by atoms with Crippen molar-refractivity contribution in [1.29, 1.82) is 0 Å². The summed E-state index contributed by atoms with van der Waals surface area (Å²) in [5.74, 6) is 0.955. The Morgan fingerprint density at radius 3 is 2.88 bits per heavy atom. The van der Waals surface area contributed by atoms with E-state index in [4.69, 9.17) is 0 Å². The van der Waals surface area contributed by atoms with Crippen molar-refractivity contribution in [1.82, 2.24) is 19.7 Å². The predicted molar refractivity (Wildman–Crippen MR) is 70.2 cm³/mol. The summed E-state index contributed by atoms with van der Waals surface area (Å²) < 4.78 is 2.07. The quantitative estimate of drug-likeness (QED) is 0.650. The van der Waals surface area contributed by atoms with Gasteiger partial charge < -0.3 is 4.57 Å². The van der Waals surface area contributed by atoms with Crippen molar-refractivity contribution in [2.75, 3.05) is 5.75 Å². The maximum atomic E-state index is 4.55. The molecule has 0 aliphatic carbocycles. The van der Waals surface area contributed by atoms with E-state index < -0.39 is 0 Å². The number of benzene rings is 1. The van der Waals surface area contributed by atoms with Crippen molar-refractivity contribution in [2.45, 2.75) is 12.1 Å². The van der Waals surface area contributed by atoms with Crippen LogP contribution in [0.2, 0.25) is 0 Å². The van der Waals surface area contributed by atoms with Gasteiger partial charge in [-0.2, -0.15) is 0 Å². The molecule has 2 heterocycles. The molecule has 0 amide bonds. The fourth-order valence-corrected chi connectivity index (χ4v) is 2.49. The van der Waals surface area contributed by atoms with Gasteiger partial charge in [0.25, 0.3) is 0 Å². The van der Waals surface area contributed by atoms with Crippen LogP contribution in [0.1, 0.15) is 6.92 Å². The summed E-state index contributed by atoms with van der Waals surface area (Å²) in [6, 6.07) is 8.17. The smallest absolute Gasteiger partial charge is 0.211 e. The highest BCUT2D eigenvalue weighted by Gasteiger charge is 2.11. The highest BCUT2D eigenvalue weighted by atomic mass is 32.2. The van der Waals surface area contributed by atoms with Crippen LogP contribution in [0.25, 0.3) is 22.1 Å². The van der Waals surface area contributed by atoms with E-state index in [-0.39, 0.29) is 0 Å². The summed E-state index contributed by atoms with van der Waals surface area (Å²) >= 11 is 1.61. The third-order valence-corrected chi connectivity index (χ3v) is 3.48. The molecule has 17 heavy (non-hydrogen) atoms. The second-order valence-electron chi connectivity index (χ2n) is 3.78. The first kappa shape index (κ1) is 10.5. The molecule has 0 atom stereocenters. The first-order valence-corrected chi connectivity index (χ1v) is 6.50. The van der Waals surface area contributed by atoms with Crippen molar-refractivity contribution in [3.8, 4) is 0 Å². The maximum Gasteiger partial charge on any atom is 0.211 e. The Balaban J connectivity index is 2.36. The van der Waals surface area contributed by atoms with Crippen molar-refractivity contribution >= 4 is 33.8 Å². The Morgan fingerprint density at radius 2 is 2.06 bits per heavy atom. The maximum absolute atomic E-state index is 4.55. The van der Waals surface area contributed by atoms with E-state index in [2.05, 4.69) is 38.8 Å². The van der Waals surface area contributed by atoms with Gasteiger partial charge in [0.05, 0.1) is 5.52 Å². The predicted octanol–water partition coefficient (Wildman–Crippen LogP) is 2.63. The number of para-hydroxylation sites is 1. The third-order valence-electron chi connectivity index (χ3n) is 2.76. The molecule has 0 radical (unpaired) electrons. The lowest BCUT2D eigenvalue weighted by Crippen LogP contribution is -1.95. The van der Waals surface area contributed by atoms with Crippen LogP contribution < -0.4 is 0 Å². The van der Waals surface area contributed by atoms with Gasteiger partial charge in [-0.25, -0.2) is 4.98 Å². The van der Waals surface area contributed by atoms with Gasteiger partial charge in [0.2, 0.25) is 5.16 Å².